The predicted molar refractivity (Wildman–Crippen MR) is 76.0 cm³/mol. The van der Waals surface area contributed by atoms with Crippen LogP contribution in [0.5, 0.6) is 0 Å². The van der Waals surface area contributed by atoms with E-state index >= 15 is 0 Å². The summed E-state index contributed by atoms with van der Waals surface area (Å²) in [5.41, 5.74) is 1.54. The first-order valence-electron chi connectivity index (χ1n) is 6.89. The molecule has 1 aliphatic rings. The van der Waals surface area contributed by atoms with Crippen LogP contribution in [0.4, 0.5) is 0 Å². The van der Waals surface area contributed by atoms with Crippen molar-refractivity contribution in [2.45, 2.75) is 19.8 Å². The molecule has 1 aliphatic heterocycles. The fraction of sp³-hybridized carbons (Fsp3) is 0.375. The van der Waals surface area contributed by atoms with Gasteiger partial charge in [-0.15, -0.1) is 0 Å². The third kappa shape index (κ3) is 2.33. The smallest absolute Gasteiger partial charge is 0.256 e. The normalized spacial score (nSPS) is 16.8. The van der Waals surface area contributed by atoms with Gasteiger partial charge in [-0.2, -0.15) is 0 Å². The third-order valence-electron chi connectivity index (χ3n) is 3.93. The maximum absolute atomic E-state index is 12.6. The van der Waals surface area contributed by atoms with Crippen LogP contribution in [0, 0.1) is 5.92 Å². The van der Waals surface area contributed by atoms with Crippen LogP contribution in [0.15, 0.2) is 36.5 Å². The quantitative estimate of drug-likeness (QED) is 0.783. The molecule has 3 nitrogen and oxygen atoms in total. The summed E-state index contributed by atoms with van der Waals surface area (Å²) in [6.07, 6.45) is 3.95. The van der Waals surface area contributed by atoms with Crippen molar-refractivity contribution >= 4 is 16.8 Å². The Morgan fingerprint density at radius 3 is 2.74 bits per heavy atom. The van der Waals surface area contributed by atoms with E-state index in [1.807, 2.05) is 35.2 Å². The topological polar surface area (TPSA) is 33.2 Å². The van der Waals surface area contributed by atoms with Gasteiger partial charge < -0.3 is 4.90 Å². The molecule has 1 saturated heterocycles. The average Bonchev–Trinajstić information content (AvgIpc) is 2.47. The number of para-hydroxylation sites is 1. The molecular weight excluding hydrogens is 236 g/mol. The number of carbonyl (C=O) groups excluding carboxylic acids is 1. The molecule has 0 saturated carbocycles. The average molecular weight is 254 g/mol. The van der Waals surface area contributed by atoms with E-state index in [1.54, 1.807) is 6.20 Å². The first-order valence-corrected chi connectivity index (χ1v) is 6.89. The van der Waals surface area contributed by atoms with Gasteiger partial charge >= 0.3 is 0 Å². The standard InChI is InChI=1S/C16H18N2O/c1-12-7-10-18(11-8-12)16(19)14-6-2-4-13-5-3-9-17-15(13)14/h2-6,9,12H,7-8,10-11H2,1H3. The zero-order valence-electron chi connectivity index (χ0n) is 11.2. The van der Waals surface area contributed by atoms with Gasteiger partial charge in [0.05, 0.1) is 11.1 Å². The van der Waals surface area contributed by atoms with Crippen molar-refractivity contribution in [2.75, 3.05) is 13.1 Å². The van der Waals surface area contributed by atoms with E-state index in [0.717, 1.165) is 48.3 Å². The van der Waals surface area contributed by atoms with E-state index in [4.69, 9.17) is 0 Å². The fourth-order valence-corrected chi connectivity index (χ4v) is 2.66. The van der Waals surface area contributed by atoms with Gasteiger partial charge in [-0.1, -0.05) is 25.1 Å². The van der Waals surface area contributed by atoms with Crippen molar-refractivity contribution in [3.8, 4) is 0 Å². The minimum atomic E-state index is 0.121. The molecule has 1 aromatic heterocycles. The summed E-state index contributed by atoms with van der Waals surface area (Å²) in [6.45, 7) is 3.98. The number of aromatic nitrogens is 1. The predicted octanol–water partition coefficient (Wildman–Crippen LogP) is 3.11. The highest BCUT2D eigenvalue weighted by molar-refractivity contribution is 6.05. The number of hydrogen-bond acceptors (Lipinski definition) is 2. The fourth-order valence-electron chi connectivity index (χ4n) is 2.66. The van der Waals surface area contributed by atoms with E-state index in [9.17, 15) is 4.79 Å². The molecule has 0 atom stereocenters. The van der Waals surface area contributed by atoms with Gasteiger partial charge in [0.1, 0.15) is 0 Å². The number of pyridine rings is 1. The number of amides is 1. The molecule has 0 spiro atoms. The summed E-state index contributed by atoms with van der Waals surface area (Å²) in [4.78, 5) is 18.9. The van der Waals surface area contributed by atoms with Crippen LogP contribution in [0.3, 0.4) is 0 Å². The van der Waals surface area contributed by atoms with E-state index in [1.165, 1.54) is 0 Å². The molecule has 2 aromatic rings. The maximum Gasteiger partial charge on any atom is 0.256 e. The van der Waals surface area contributed by atoms with E-state index < -0.39 is 0 Å². The molecular formula is C16H18N2O. The molecule has 0 aliphatic carbocycles. The van der Waals surface area contributed by atoms with Gasteiger partial charge in [-0.3, -0.25) is 9.78 Å². The number of likely N-dealkylation sites (tertiary alicyclic amines) is 1. The van der Waals surface area contributed by atoms with Crippen molar-refractivity contribution in [3.05, 3.63) is 42.1 Å². The highest BCUT2D eigenvalue weighted by Gasteiger charge is 2.22. The lowest BCUT2D eigenvalue weighted by Crippen LogP contribution is -2.38. The van der Waals surface area contributed by atoms with Crippen LogP contribution >= 0.6 is 0 Å². The molecule has 0 unspecified atom stereocenters. The first-order chi connectivity index (χ1) is 9.25. The second-order valence-corrected chi connectivity index (χ2v) is 5.36. The summed E-state index contributed by atoms with van der Waals surface area (Å²) in [6, 6.07) is 9.72. The number of rotatable bonds is 1. The van der Waals surface area contributed by atoms with Crippen molar-refractivity contribution in [3.63, 3.8) is 0 Å². The van der Waals surface area contributed by atoms with Gasteiger partial charge in [0.15, 0.2) is 0 Å². The van der Waals surface area contributed by atoms with E-state index in [0.29, 0.717) is 0 Å². The van der Waals surface area contributed by atoms with Gasteiger partial charge in [0, 0.05) is 24.7 Å². The lowest BCUT2D eigenvalue weighted by atomic mass is 9.98. The van der Waals surface area contributed by atoms with Crippen molar-refractivity contribution in [1.82, 2.24) is 9.88 Å². The Morgan fingerprint density at radius 2 is 1.95 bits per heavy atom. The molecule has 3 rings (SSSR count). The molecule has 0 bridgehead atoms. The van der Waals surface area contributed by atoms with Crippen molar-refractivity contribution in [2.24, 2.45) is 5.92 Å². The third-order valence-corrected chi connectivity index (χ3v) is 3.93. The van der Waals surface area contributed by atoms with Gasteiger partial charge in [-0.25, -0.2) is 0 Å². The first kappa shape index (κ1) is 12.2. The van der Waals surface area contributed by atoms with Crippen LogP contribution in [-0.4, -0.2) is 28.9 Å². The number of carbonyl (C=O) groups is 1. The largest absolute Gasteiger partial charge is 0.339 e. The van der Waals surface area contributed by atoms with Crippen LogP contribution in [-0.2, 0) is 0 Å². The lowest BCUT2D eigenvalue weighted by Gasteiger charge is -2.30. The second-order valence-electron chi connectivity index (χ2n) is 5.36. The molecule has 19 heavy (non-hydrogen) atoms. The molecule has 1 amide bonds. The van der Waals surface area contributed by atoms with Gasteiger partial charge in [0.25, 0.3) is 5.91 Å². The Morgan fingerprint density at radius 1 is 1.21 bits per heavy atom. The Balaban J connectivity index is 1.93. The highest BCUT2D eigenvalue weighted by Crippen LogP contribution is 2.21. The summed E-state index contributed by atoms with van der Waals surface area (Å²) in [5, 5.41) is 1.03. The summed E-state index contributed by atoms with van der Waals surface area (Å²) in [7, 11) is 0. The Bertz CT molecular complexity index is 595. The molecule has 0 N–H and O–H groups in total. The molecule has 3 heteroatoms. The molecule has 0 radical (unpaired) electrons. The number of benzene rings is 1. The Labute approximate surface area is 113 Å². The van der Waals surface area contributed by atoms with Crippen molar-refractivity contribution in [1.29, 1.82) is 0 Å². The molecule has 1 aromatic carbocycles. The number of piperidine rings is 1. The maximum atomic E-state index is 12.6. The van der Waals surface area contributed by atoms with Crippen LogP contribution in [0.1, 0.15) is 30.1 Å². The molecule has 98 valence electrons. The van der Waals surface area contributed by atoms with E-state index in [2.05, 4.69) is 11.9 Å². The summed E-state index contributed by atoms with van der Waals surface area (Å²) < 4.78 is 0. The lowest BCUT2D eigenvalue weighted by molar-refractivity contribution is 0.0699. The van der Waals surface area contributed by atoms with Gasteiger partial charge in [0.2, 0.25) is 0 Å². The monoisotopic (exact) mass is 254 g/mol. The number of nitrogens with zero attached hydrogens (tertiary/aromatic N) is 2. The Kier molecular flexibility index (Phi) is 3.20. The van der Waals surface area contributed by atoms with Crippen LogP contribution in [0.25, 0.3) is 10.9 Å². The van der Waals surface area contributed by atoms with Crippen LogP contribution < -0.4 is 0 Å². The Hall–Kier alpha value is -1.90. The minimum Gasteiger partial charge on any atom is -0.339 e. The minimum absolute atomic E-state index is 0.121. The highest BCUT2D eigenvalue weighted by atomic mass is 16.2. The number of hydrogen-bond donors (Lipinski definition) is 0. The molecule has 1 fully saturated rings. The summed E-state index contributed by atoms with van der Waals surface area (Å²) in [5.74, 6) is 0.853. The SMILES string of the molecule is CC1CCN(C(=O)c2cccc3cccnc23)CC1. The van der Waals surface area contributed by atoms with E-state index in [-0.39, 0.29) is 5.91 Å². The number of fused-ring (bicyclic) bond motifs is 1. The molecule has 2 heterocycles. The zero-order valence-corrected chi connectivity index (χ0v) is 11.2. The van der Waals surface area contributed by atoms with Crippen molar-refractivity contribution < 1.29 is 4.79 Å². The zero-order chi connectivity index (χ0) is 13.2. The van der Waals surface area contributed by atoms with Crippen LogP contribution in [0.2, 0.25) is 0 Å². The second kappa shape index (κ2) is 5.00. The summed E-state index contributed by atoms with van der Waals surface area (Å²) >= 11 is 0. The van der Waals surface area contributed by atoms with Gasteiger partial charge in [-0.05, 0) is 30.9 Å².